The van der Waals surface area contributed by atoms with E-state index in [1.807, 2.05) is 26.8 Å². The number of amides is 1. The van der Waals surface area contributed by atoms with Crippen molar-refractivity contribution in [1.29, 1.82) is 0 Å². The summed E-state index contributed by atoms with van der Waals surface area (Å²) in [6, 6.07) is 3.68. The van der Waals surface area contributed by atoms with Gasteiger partial charge in [-0.05, 0) is 39.7 Å². The summed E-state index contributed by atoms with van der Waals surface area (Å²) in [5.74, 6) is 2.45. The van der Waals surface area contributed by atoms with Gasteiger partial charge in [0.25, 0.3) is 5.95 Å². The van der Waals surface area contributed by atoms with E-state index < -0.39 is 0 Å². The molecule has 0 spiro atoms. The van der Waals surface area contributed by atoms with Crippen LogP contribution in [0, 0.1) is 20.8 Å². The van der Waals surface area contributed by atoms with Crippen molar-refractivity contribution in [3.8, 4) is 5.95 Å². The lowest BCUT2D eigenvalue weighted by Gasteiger charge is -2.08. The van der Waals surface area contributed by atoms with Crippen LogP contribution in [0.5, 0.6) is 0 Å². The Balaban J connectivity index is 1.44. The number of H-pyrrole nitrogens is 1. The summed E-state index contributed by atoms with van der Waals surface area (Å²) < 4.78 is 1.55. The number of anilines is 1. The number of rotatable bonds is 6. The van der Waals surface area contributed by atoms with Gasteiger partial charge in [0.15, 0.2) is 0 Å². The van der Waals surface area contributed by atoms with Crippen molar-refractivity contribution in [2.45, 2.75) is 44.7 Å². The molecular weight excluding hydrogens is 364 g/mol. The fourth-order valence-electron chi connectivity index (χ4n) is 2.71. The van der Waals surface area contributed by atoms with Gasteiger partial charge in [0.05, 0.1) is 11.4 Å². The molecule has 0 atom stereocenters. The molecule has 10 heteroatoms. The average molecular weight is 384 g/mol. The van der Waals surface area contributed by atoms with Crippen LogP contribution in [0.25, 0.3) is 5.95 Å². The van der Waals surface area contributed by atoms with Gasteiger partial charge < -0.3 is 5.32 Å². The molecule has 1 saturated carbocycles. The molecule has 1 aliphatic carbocycles. The molecule has 3 aromatic rings. The second kappa shape index (κ2) is 7.10. The van der Waals surface area contributed by atoms with Crippen LogP contribution >= 0.6 is 11.8 Å². The first-order valence-corrected chi connectivity index (χ1v) is 9.71. The van der Waals surface area contributed by atoms with Crippen molar-refractivity contribution in [3.63, 3.8) is 0 Å². The number of nitrogens with zero attached hydrogens (tertiary/aromatic N) is 6. The number of thioether (sulfide) groups is 1. The van der Waals surface area contributed by atoms with Crippen LogP contribution in [0.3, 0.4) is 0 Å². The van der Waals surface area contributed by atoms with Gasteiger partial charge in [-0.3, -0.25) is 9.89 Å². The molecule has 3 aromatic heterocycles. The van der Waals surface area contributed by atoms with Gasteiger partial charge in [-0.25, -0.2) is 15.0 Å². The monoisotopic (exact) mass is 384 g/mol. The Kier molecular flexibility index (Phi) is 4.65. The third-order valence-corrected chi connectivity index (χ3v) is 4.88. The van der Waals surface area contributed by atoms with Gasteiger partial charge in [-0.1, -0.05) is 11.8 Å². The minimum absolute atomic E-state index is 0.164. The number of aryl methyl sites for hydroxylation is 3. The number of hydrogen-bond acceptors (Lipinski definition) is 7. The molecule has 0 unspecified atom stereocenters. The van der Waals surface area contributed by atoms with E-state index >= 15 is 0 Å². The molecule has 0 aromatic carbocycles. The zero-order chi connectivity index (χ0) is 19.0. The predicted molar refractivity (Wildman–Crippen MR) is 101 cm³/mol. The smallest absolute Gasteiger partial charge is 0.252 e. The van der Waals surface area contributed by atoms with Gasteiger partial charge in [0.1, 0.15) is 11.6 Å². The van der Waals surface area contributed by atoms with Crippen molar-refractivity contribution in [3.05, 3.63) is 35.0 Å². The Morgan fingerprint density at radius 2 is 1.93 bits per heavy atom. The number of carbonyl (C=O) groups is 1. The molecule has 4 rings (SSSR count). The average Bonchev–Trinajstić information content (AvgIpc) is 3.23. The number of aromatic amines is 1. The van der Waals surface area contributed by atoms with E-state index in [1.165, 1.54) is 11.8 Å². The van der Waals surface area contributed by atoms with E-state index in [4.69, 9.17) is 0 Å². The summed E-state index contributed by atoms with van der Waals surface area (Å²) in [6.45, 7) is 5.66. The highest BCUT2D eigenvalue weighted by atomic mass is 32.2. The van der Waals surface area contributed by atoms with E-state index in [0.29, 0.717) is 22.8 Å². The van der Waals surface area contributed by atoms with E-state index in [-0.39, 0.29) is 11.7 Å². The standard InChI is InChI=1S/C17H20N8OS/c1-9-6-10(2)19-16(18-9)25-13(7-11(3)24-25)20-14(26)8-27-17-21-15(22-23-17)12-4-5-12/h6-7,12H,4-5,8H2,1-3H3,(H,20,26)(H,21,22,23). The molecule has 0 aliphatic heterocycles. The van der Waals surface area contributed by atoms with Gasteiger partial charge in [0.2, 0.25) is 11.1 Å². The molecule has 1 aliphatic rings. The van der Waals surface area contributed by atoms with E-state index in [0.717, 1.165) is 35.7 Å². The first-order valence-electron chi connectivity index (χ1n) is 8.72. The third-order valence-electron chi connectivity index (χ3n) is 4.04. The zero-order valence-corrected chi connectivity index (χ0v) is 16.2. The molecule has 3 heterocycles. The fourth-order valence-corrected chi connectivity index (χ4v) is 3.32. The summed E-state index contributed by atoms with van der Waals surface area (Å²) in [5.41, 5.74) is 2.45. The zero-order valence-electron chi connectivity index (χ0n) is 15.4. The van der Waals surface area contributed by atoms with Crippen molar-refractivity contribution in [2.75, 3.05) is 11.1 Å². The molecule has 1 amide bonds. The van der Waals surface area contributed by atoms with Crippen LogP contribution in [0.4, 0.5) is 5.82 Å². The predicted octanol–water partition coefficient (Wildman–Crippen LogP) is 2.31. The van der Waals surface area contributed by atoms with Crippen molar-refractivity contribution >= 4 is 23.5 Å². The number of carbonyl (C=O) groups excluding carboxylic acids is 1. The van der Waals surface area contributed by atoms with Crippen LogP contribution in [0.1, 0.15) is 41.7 Å². The summed E-state index contributed by atoms with van der Waals surface area (Å²) in [4.78, 5) is 25.6. The Hall–Kier alpha value is -2.75. The van der Waals surface area contributed by atoms with Crippen molar-refractivity contribution in [1.82, 2.24) is 34.9 Å². The molecular formula is C17H20N8OS. The molecule has 2 N–H and O–H groups in total. The van der Waals surface area contributed by atoms with E-state index in [1.54, 1.807) is 10.7 Å². The first-order chi connectivity index (χ1) is 13.0. The fraction of sp³-hybridized carbons (Fsp3) is 0.412. The van der Waals surface area contributed by atoms with Crippen molar-refractivity contribution in [2.24, 2.45) is 0 Å². The molecule has 9 nitrogen and oxygen atoms in total. The lowest BCUT2D eigenvalue weighted by atomic mass is 10.4. The van der Waals surface area contributed by atoms with E-state index in [2.05, 4.69) is 35.6 Å². The summed E-state index contributed by atoms with van der Waals surface area (Å²) in [7, 11) is 0. The van der Waals surface area contributed by atoms with E-state index in [9.17, 15) is 4.79 Å². The Labute approximate surface area is 160 Å². The highest BCUT2D eigenvalue weighted by molar-refractivity contribution is 7.99. The van der Waals surface area contributed by atoms with Crippen LogP contribution < -0.4 is 5.32 Å². The molecule has 0 saturated heterocycles. The van der Waals surface area contributed by atoms with Gasteiger partial charge >= 0.3 is 0 Å². The number of hydrogen-bond donors (Lipinski definition) is 2. The molecule has 0 radical (unpaired) electrons. The maximum atomic E-state index is 12.4. The highest BCUT2D eigenvalue weighted by Crippen LogP contribution is 2.38. The van der Waals surface area contributed by atoms with Crippen LogP contribution in [0.2, 0.25) is 0 Å². The number of aromatic nitrogens is 7. The molecule has 140 valence electrons. The normalized spacial score (nSPS) is 13.7. The summed E-state index contributed by atoms with van der Waals surface area (Å²) in [5, 5.41) is 15.0. The molecule has 0 bridgehead atoms. The lowest BCUT2D eigenvalue weighted by molar-refractivity contribution is -0.113. The van der Waals surface area contributed by atoms with Gasteiger partial charge in [-0.2, -0.15) is 9.78 Å². The molecule has 1 fully saturated rings. The largest absolute Gasteiger partial charge is 0.310 e. The Morgan fingerprint density at radius 1 is 1.19 bits per heavy atom. The maximum absolute atomic E-state index is 12.4. The van der Waals surface area contributed by atoms with Gasteiger partial charge in [-0.15, -0.1) is 5.10 Å². The SMILES string of the molecule is Cc1cc(C)nc(-n2nc(C)cc2NC(=O)CSc2n[nH]c(C3CC3)n2)n1. The van der Waals surface area contributed by atoms with Crippen LogP contribution in [-0.2, 0) is 4.79 Å². The summed E-state index contributed by atoms with van der Waals surface area (Å²) >= 11 is 1.30. The maximum Gasteiger partial charge on any atom is 0.252 e. The third kappa shape index (κ3) is 4.16. The Bertz CT molecular complexity index is 970. The van der Waals surface area contributed by atoms with Crippen molar-refractivity contribution < 1.29 is 4.79 Å². The number of nitrogens with one attached hydrogen (secondary N) is 2. The summed E-state index contributed by atoms with van der Waals surface area (Å²) in [6.07, 6.45) is 2.31. The van der Waals surface area contributed by atoms with Gasteiger partial charge in [0, 0.05) is 23.4 Å². The quantitative estimate of drug-likeness (QED) is 0.627. The molecule has 27 heavy (non-hydrogen) atoms. The highest BCUT2D eigenvalue weighted by Gasteiger charge is 2.27. The Morgan fingerprint density at radius 3 is 2.63 bits per heavy atom. The second-order valence-corrected chi connectivity index (χ2v) is 7.59. The second-order valence-electron chi connectivity index (χ2n) is 6.65. The lowest BCUT2D eigenvalue weighted by Crippen LogP contribution is -2.18. The minimum Gasteiger partial charge on any atom is -0.310 e. The van der Waals surface area contributed by atoms with Crippen LogP contribution in [-0.4, -0.2) is 46.6 Å². The minimum atomic E-state index is -0.164. The topological polar surface area (TPSA) is 114 Å². The first kappa shape index (κ1) is 17.7. The van der Waals surface area contributed by atoms with Crippen LogP contribution in [0.15, 0.2) is 17.3 Å².